The first-order chi connectivity index (χ1) is 11.0. The fourth-order valence-corrected chi connectivity index (χ4v) is 2.18. The summed E-state index contributed by atoms with van der Waals surface area (Å²) in [5, 5.41) is 0. The zero-order chi connectivity index (χ0) is 16.8. The summed E-state index contributed by atoms with van der Waals surface area (Å²) < 4.78 is 43.7. The van der Waals surface area contributed by atoms with E-state index in [0.29, 0.717) is 6.61 Å². The van der Waals surface area contributed by atoms with Gasteiger partial charge in [0.1, 0.15) is 5.82 Å². The highest BCUT2D eigenvalue weighted by Crippen LogP contribution is 2.20. The van der Waals surface area contributed by atoms with Gasteiger partial charge in [0.25, 0.3) is 12.3 Å². The van der Waals surface area contributed by atoms with Crippen LogP contribution in [0.3, 0.4) is 0 Å². The third kappa shape index (κ3) is 4.56. The number of carbonyl (C=O) groups excluding carboxylic acids is 1. The van der Waals surface area contributed by atoms with E-state index < -0.39 is 24.7 Å². The third-order valence-electron chi connectivity index (χ3n) is 3.19. The lowest BCUT2D eigenvalue weighted by Gasteiger charge is -2.23. The molecule has 2 aromatic carbocycles. The zero-order valence-electron chi connectivity index (χ0n) is 12.5. The number of methoxy groups -OCH3 is 1. The molecule has 0 unspecified atom stereocenters. The second-order valence-corrected chi connectivity index (χ2v) is 4.92. The van der Waals surface area contributed by atoms with Crippen LogP contribution in [0.4, 0.5) is 18.9 Å². The van der Waals surface area contributed by atoms with Gasteiger partial charge in [-0.25, -0.2) is 13.2 Å². The van der Waals surface area contributed by atoms with Crippen molar-refractivity contribution in [3.05, 3.63) is 65.5 Å². The molecule has 0 aliphatic heterocycles. The van der Waals surface area contributed by atoms with E-state index in [1.165, 1.54) is 19.2 Å². The first kappa shape index (κ1) is 17.0. The van der Waals surface area contributed by atoms with E-state index in [9.17, 15) is 18.0 Å². The van der Waals surface area contributed by atoms with Crippen LogP contribution in [0.15, 0.2) is 48.5 Å². The maximum atomic E-state index is 13.0. The van der Waals surface area contributed by atoms with Gasteiger partial charge in [0.2, 0.25) is 0 Å². The molecule has 23 heavy (non-hydrogen) atoms. The van der Waals surface area contributed by atoms with Crippen LogP contribution in [0.1, 0.15) is 15.9 Å². The van der Waals surface area contributed by atoms with Crippen molar-refractivity contribution in [1.82, 2.24) is 0 Å². The van der Waals surface area contributed by atoms with E-state index in [4.69, 9.17) is 4.74 Å². The molecule has 0 radical (unpaired) electrons. The van der Waals surface area contributed by atoms with Crippen molar-refractivity contribution < 1.29 is 22.7 Å². The highest BCUT2D eigenvalue weighted by atomic mass is 19.3. The van der Waals surface area contributed by atoms with Crippen LogP contribution in [-0.4, -0.2) is 26.0 Å². The minimum Gasteiger partial charge on any atom is -0.380 e. The van der Waals surface area contributed by atoms with Gasteiger partial charge in [0.15, 0.2) is 0 Å². The molecule has 122 valence electrons. The molecule has 0 N–H and O–H groups in total. The number of alkyl halides is 2. The van der Waals surface area contributed by atoms with E-state index in [-0.39, 0.29) is 11.3 Å². The summed E-state index contributed by atoms with van der Waals surface area (Å²) in [5.74, 6) is -1.07. The number of hydrogen-bond acceptors (Lipinski definition) is 2. The Morgan fingerprint density at radius 2 is 1.87 bits per heavy atom. The van der Waals surface area contributed by atoms with E-state index in [0.717, 1.165) is 22.6 Å². The molecule has 0 aliphatic rings. The predicted molar refractivity (Wildman–Crippen MR) is 81.2 cm³/mol. The normalized spacial score (nSPS) is 10.8. The molecule has 0 spiro atoms. The van der Waals surface area contributed by atoms with E-state index in [2.05, 4.69) is 0 Å². The van der Waals surface area contributed by atoms with Gasteiger partial charge < -0.3 is 9.64 Å². The smallest absolute Gasteiger partial charge is 0.258 e. The summed E-state index contributed by atoms with van der Waals surface area (Å²) in [6, 6.07) is 11.4. The van der Waals surface area contributed by atoms with Gasteiger partial charge in [0.05, 0.1) is 13.2 Å². The van der Waals surface area contributed by atoms with Crippen molar-refractivity contribution in [3.8, 4) is 0 Å². The lowest BCUT2D eigenvalue weighted by molar-refractivity contribution is 0.0945. The fourth-order valence-electron chi connectivity index (χ4n) is 2.18. The average Bonchev–Trinajstić information content (AvgIpc) is 2.53. The monoisotopic (exact) mass is 323 g/mol. The number of nitrogens with zero attached hydrogens (tertiary/aromatic N) is 1. The lowest BCUT2D eigenvalue weighted by Crippen LogP contribution is -2.35. The summed E-state index contributed by atoms with van der Waals surface area (Å²) in [4.78, 5) is 13.5. The molecule has 2 aromatic rings. The van der Waals surface area contributed by atoms with Crippen LogP contribution in [0, 0.1) is 5.82 Å². The van der Waals surface area contributed by atoms with Crippen LogP contribution in [0.2, 0.25) is 0 Å². The predicted octanol–water partition coefficient (Wildman–Crippen LogP) is 3.88. The summed E-state index contributed by atoms with van der Waals surface area (Å²) in [7, 11) is 1.52. The van der Waals surface area contributed by atoms with Gasteiger partial charge in [0, 0.05) is 18.4 Å². The molecular weight excluding hydrogens is 307 g/mol. The van der Waals surface area contributed by atoms with Crippen LogP contribution in [-0.2, 0) is 11.3 Å². The Morgan fingerprint density at radius 1 is 1.17 bits per heavy atom. The Hall–Kier alpha value is -2.34. The highest BCUT2D eigenvalue weighted by molar-refractivity contribution is 6.06. The molecule has 0 saturated carbocycles. The van der Waals surface area contributed by atoms with Crippen LogP contribution >= 0.6 is 0 Å². The van der Waals surface area contributed by atoms with Gasteiger partial charge in [-0.05, 0) is 42.0 Å². The maximum absolute atomic E-state index is 13.0. The molecular formula is C17H16F3NO2. The molecule has 0 aromatic heterocycles. The number of amides is 1. The quantitative estimate of drug-likeness (QED) is 0.807. The Bertz CT molecular complexity index is 659. The average molecular weight is 323 g/mol. The van der Waals surface area contributed by atoms with Crippen molar-refractivity contribution in [3.63, 3.8) is 0 Å². The molecule has 0 bridgehead atoms. The topological polar surface area (TPSA) is 29.5 Å². The number of carbonyl (C=O) groups is 1. The number of hydrogen-bond donors (Lipinski definition) is 0. The summed E-state index contributed by atoms with van der Waals surface area (Å²) in [6.07, 6.45) is -2.70. The van der Waals surface area contributed by atoms with E-state index in [1.54, 1.807) is 24.3 Å². The third-order valence-corrected chi connectivity index (χ3v) is 3.19. The molecule has 0 heterocycles. The second kappa shape index (κ2) is 7.78. The largest absolute Gasteiger partial charge is 0.380 e. The Labute approximate surface area is 132 Å². The highest BCUT2D eigenvalue weighted by Gasteiger charge is 2.21. The van der Waals surface area contributed by atoms with Gasteiger partial charge in [-0.3, -0.25) is 4.79 Å². The van der Waals surface area contributed by atoms with E-state index in [1.807, 2.05) is 0 Å². The Kier molecular flexibility index (Phi) is 5.76. The summed E-state index contributed by atoms with van der Waals surface area (Å²) >= 11 is 0. The van der Waals surface area contributed by atoms with Crippen molar-refractivity contribution in [2.24, 2.45) is 0 Å². The van der Waals surface area contributed by atoms with Crippen LogP contribution < -0.4 is 4.90 Å². The SMILES string of the molecule is COCc1cccc(C(=O)N(CC(F)F)c2ccc(F)cc2)c1. The van der Waals surface area contributed by atoms with Gasteiger partial charge >= 0.3 is 0 Å². The number of anilines is 1. The minimum atomic E-state index is -2.70. The molecule has 6 heteroatoms. The molecule has 0 aliphatic carbocycles. The minimum absolute atomic E-state index is 0.217. The number of rotatable bonds is 6. The van der Waals surface area contributed by atoms with Crippen LogP contribution in [0.25, 0.3) is 0 Å². The number of ether oxygens (including phenoxy) is 1. The van der Waals surface area contributed by atoms with Crippen molar-refractivity contribution in [2.75, 3.05) is 18.6 Å². The Morgan fingerprint density at radius 3 is 2.48 bits per heavy atom. The number of benzene rings is 2. The molecule has 0 fully saturated rings. The van der Waals surface area contributed by atoms with Gasteiger partial charge in [-0.2, -0.15) is 0 Å². The maximum Gasteiger partial charge on any atom is 0.258 e. The lowest BCUT2D eigenvalue weighted by atomic mass is 10.1. The van der Waals surface area contributed by atoms with Gasteiger partial charge in [-0.1, -0.05) is 12.1 Å². The van der Waals surface area contributed by atoms with Crippen molar-refractivity contribution >= 4 is 11.6 Å². The van der Waals surface area contributed by atoms with Crippen LogP contribution in [0.5, 0.6) is 0 Å². The molecule has 0 atom stereocenters. The summed E-state index contributed by atoms with van der Waals surface area (Å²) in [5.41, 5.74) is 1.24. The van der Waals surface area contributed by atoms with Crippen molar-refractivity contribution in [2.45, 2.75) is 13.0 Å². The molecule has 1 amide bonds. The Balaban J connectivity index is 2.32. The molecule has 2 rings (SSSR count). The first-order valence-electron chi connectivity index (χ1n) is 6.94. The number of halogens is 3. The molecule has 3 nitrogen and oxygen atoms in total. The van der Waals surface area contributed by atoms with E-state index >= 15 is 0 Å². The zero-order valence-corrected chi connectivity index (χ0v) is 12.5. The van der Waals surface area contributed by atoms with Gasteiger partial charge in [-0.15, -0.1) is 0 Å². The molecule has 0 saturated heterocycles. The standard InChI is InChI=1S/C17H16F3NO2/c1-23-11-12-3-2-4-13(9-12)17(22)21(10-16(19)20)15-7-5-14(18)6-8-15/h2-9,16H,10-11H2,1H3. The second-order valence-electron chi connectivity index (χ2n) is 4.92. The summed E-state index contributed by atoms with van der Waals surface area (Å²) in [6.45, 7) is -0.453. The van der Waals surface area contributed by atoms with Crippen molar-refractivity contribution in [1.29, 1.82) is 0 Å². The first-order valence-corrected chi connectivity index (χ1v) is 6.94. The fraction of sp³-hybridized carbons (Fsp3) is 0.235.